The quantitative estimate of drug-likeness (QED) is 0.633. The molecule has 0 aromatic heterocycles. The molecular formula is C11H17N2. The first-order chi connectivity index (χ1) is 6.27. The van der Waals surface area contributed by atoms with E-state index in [2.05, 4.69) is 24.4 Å². The molecule has 0 amide bonds. The highest BCUT2D eigenvalue weighted by atomic mass is 15.3. The molecular weight excluding hydrogens is 160 g/mol. The maximum absolute atomic E-state index is 4.24. The van der Waals surface area contributed by atoms with Crippen molar-refractivity contribution >= 4 is 5.71 Å². The minimum Gasteiger partial charge on any atom is -0.159 e. The Morgan fingerprint density at radius 1 is 1.46 bits per heavy atom. The van der Waals surface area contributed by atoms with E-state index < -0.39 is 0 Å². The first-order valence-electron chi connectivity index (χ1n) is 5.24. The molecule has 2 nitrogen and oxygen atoms in total. The lowest BCUT2D eigenvalue weighted by atomic mass is 9.78. The summed E-state index contributed by atoms with van der Waals surface area (Å²) in [5.41, 5.74) is 6.71. The fourth-order valence-corrected chi connectivity index (χ4v) is 1.91. The minimum absolute atomic E-state index is 0.713. The number of nitrogens with zero attached hydrogens (tertiary/aromatic N) is 2. The molecule has 0 aromatic carbocycles. The van der Waals surface area contributed by atoms with Crippen molar-refractivity contribution < 1.29 is 0 Å². The lowest BCUT2D eigenvalue weighted by Gasteiger charge is -2.26. The lowest BCUT2D eigenvalue weighted by molar-refractivity contribution is 0.412. The highest BCUT2D eigenvalue weighted by Gasteiger charge is 2.28. The summed E-state index contributed by atoms with van der Waals surface area (Å²) in [5.74, 6) is 1.45. The molecule has 1 aliphatic carbocycles. The van der Waals surface area contributed by atoms with Crippen molar-refractivity contribution in [3.63, 3.8) is 0 Å². The standard InChI is InChI=1S/C11H17N2/c1-8(2)6-10-7-12-13-11(10)9-4-3-5-9/h7-9H,3-6H2,1-2H3. The molecule has 1 saturated carbocycles. The molecule has 1 fully saturated rings. The Balaban J connectivity index is 1.99. The van der Waals surface area contributed by atoms with Crippen LogP contribution in [0.15, 0.2) is 16.9 Å². The zero-order valence-electron chi connectivity index (χ0n) is 8.45. The van der Waals surface area contributed by atoms with Crippen molar-refractivity contribution in [1.29, 1.82) is 0 Å². The Morgan fingerprint density at radius 3 is 2.77 bits per heavy atom. The third-order valence-electron chi connectivity index (χ3n) is 2.83. The van der Waals surface area contributed by atoms with Crippen LogP contribution in [0.5, 0.6) is 0 Å². The Labute approximate surface area is 80.1 Å². The highest BCUT2D eigenvalue weighted by Crippen LogP contribution is 2.33. The van der Waals surface area contributed by atoms with Crippen molar-refractivity contribution in [1.82, 2.24) is 5.43 Å². The molecule has 0 unspecified atom stereocenters. The van der Waals surface area contributed by atoms with Gasteiger partial charge in [0.1, 0.15) is 0 Å². The molecule has 1 aliphatic heterocycles. The van der Waals surface area contributed by atoms with Crippen LogP contribution in [0.2, 0.25) is 0 Å². The van der Waals surface area contributed by atoms with E-state index in [4.69, 9.17) is 0 Å². The molecule has 13 heavy (non-hydrogen) atoms. The van der Waals surface area contributed by atoms with Gasteiger partial charge in [0, 0.05) is 5.92 Å². The third-order valence-corrected chi connectivity index (χ3v) is 2.83. The molecule has 0 N–H and O–H groups in total. The predicted octanol–water partition coefficient (Wildman–Crippen LogP) is 2.69. The average Bonchev–Trinajstić information content (AvgIpc) is 2.32. The second-order valence-corrected chi connectivity index (χ2v) is 4.48. The molecule has 1 heterocycles. The van der Waals surface area contributed by atoms with E-state index >= 15 is 0 Å². The van der Waals surface area contributed by atoms with Gasteiger partial charge in [-0.05, 0) is 30.8 Å². The summed E-state index contributed by atoms with van der Waals surface area (Å²) in [6.07, 6.45) is 7.11. The first kappa shape index (κ1) is 8.79. The molecule has 0 atom stereocenters. The smallest absolute Gasteiger partial charge is 0.0709 e. The van der Waals surface area contributed by atoms with E-state index in [0.717, 1.165) is 12.3 Å². The number of hydrogen-bond acceptors (Lipinski definition) is 1. The number of rotatable bonds is 3. The second-order valence-electron chi connectivity index (χ2n) is 4.48. The molecule has 1 radical (unpaired) electrons. The average molecular weight is 177 g/mol. The van der Waals surface area contributed by atoms with Crippen molar-refractivity contribution in [2.75, 3.05) is 0 Å². The van der Waals surface area contributed by atoms with Crippen LogP contribution in [-0.2, 0) is 0 Å². The monoisotopic (exact) mass is 177 g/mol. The van der Waals surface area contributed by atoms with Crippen molar-refractivity contribution in [3.05, 3.63) is 11.8 Å². The van der Waals surface area contributed by atoms with Gasteiger partial charge >= 0.3 is 0 Å². The van der Waals surface area contributed by atoms with E-state index in [1.165, 1.54) is 30.5 Å². The first-order valence-corrected chi connectivity index (χ1v) is 5.24. The van der Waals surface area contributed by atoms with Crippen molar-refractivity contribution in [3.8, 4) is 0 Å². The molecule has 2 heteroatoms. The van der Waals surface area contributed by atoms with Crippen molar-refractivity contribution in [2.45, 2.75) is 39.5 Å². The molecule has 0 spiro atoms. The highest BCUT2D eigenvalue weighted by molar-refractivity contribution is 6.03. The molecule has 0 bridgehead atoms. The fraction of sp³-hybridized carbons (Fsp3) is 0.727. The van der Waals surface area contributed by atoms with Gasteiger partial charge < -0.3 is 0 Å². The van der Waals surface area contributed by atoms with Crippen LogP contribution in [-0.4, -0.2) is 5.71 Å². The topological polar surface area (TPSA) is 26.5 Å². The minimum atomic E-state index is 0.713. The van der Waals surface area contributed by atoms with Crippen LogP contribution in [0.4, 0.5) is 0 Å². The number of allylic oxidation sites excluding steroid dienone is 1. The van der Waals surface area contributed by atoms with Gasteiger partial charge in [-0.15, -0.1) is 0 Å². The van der Waals surface area contributed by atoms with Crippen LogP contribution < -0.4 is 5.43 Å². The van der Waals surface area contributed by atoms with Gasteiger partial charge in [0.15, 0.2) is 0 Å². The SMILES string of the molecule is CC(C)CC1=C[N]N=C1C1CCC1. The van der Waals surface area contributed by atoms with Gasteiger partial charge in [0.2, 0.25) is 0 Å². The molecule has 2 aliphatic rings. The summed E-state index contributed by atoms with van der Waals surface area (Å²) in [6, 6.07) is 0. The maximum atomic E-state index is 4.24. The zero-order chi connectivity index (χ0) is 9.26. The fourth-order valence-electron chi connectivity index (χ4n) is 1.91. The lowest BCUT2D eigenvalue weighted by Crippen LogP contribution is -2.23. The Morgan fingerprint density at radius 2 is 2.23 bits per heavy atom. The summed E-state index contributed by atoms with van der Waals surface area (Å²) in [6.45, 7) is 4.50. The number of hydrogen-bond donors (Lipinski definition) is 0. The van der Waals surface area contributed by atoms with Crippen LogP contribution >= 0.6 is 0 Å². The van der Waals surface area contributed by atoms with Gasteiger partial charge in [-0.25, -0.2) is 0 Å². The summed E-state index contributed by atoms with van der Waals surface area (Å²) in [5, 5.41) is 4.24. The molecule has 0 saturated heterocycles. The largest absolute Gasteiger partial charge is 0.159 e. The molecule has 2 rings (SSSR count). The van der Waals surface area contributed by atoms with E-state index in [1.54, 1.807) is 0 Å². The van der Waals surface area contributed by atoms with E-state index in [-0.39, 0.29) is 0 Å². The summed E-state index contributed by atoms with van der Waals surface area (Å²) in [7, 11) is 0. The van der Waals surface area contributed by atoms with Gasteiger partial charge in [-0.2, -0.15) is 10.5 Å². The summed E-state index contributed by atoms with van der Waals surface area (Å²) < 4.78 is 0. The Kier molecular flexibility index (Phi) is 2.38. The van der Waals surface area contributed by atoms with Crippen LogP contribution in [0.25, 0.3) is 0 Å². The summed E-state index contributed by atoms with van der Waals surface area (Å²) >= 11 is 0. The summed E-state index contributed by atoms with van der Waals surface area (Å²) in [4.78, 5) is 0. The predicted molar refractivity (Wildman–Crippen MR) is 54.4 cm³/mol. The van der Waals surface area contributed by atoms with Gasteiger partial charge in [0.05, 0.1) is 11.9 Å². The van der Waals surface area contributed by atoms with Crippen molar-refractivity contribution in [2.24, 2.45) is 16.9 Å². The Bertz CT molecular complexity index is 247. The van der Waals surface area contributed by atoms with Crippen LogP contribution in [0, 0.1) is 11.8 Å². The maximum Gasteiger partial charge on any atom is 0.0709 e. The van der Waals surface area contributed by atoms with Gasteiger partial charge in [-0.3, -0.25) is 0 Å². The van der Waals surface area contributed by atoms with Crippen LogP contribution in [0.3, 0.4) is 0 Å². The van der Waals surface area contributed by atoms with E-state index in [1.807, 2.05) is 6.20 Å². The van der Waals surface area contributed by atoms with Gasteiger partial charge in [0.25, 0.3) is 0 Å². The third kappa shape index (κ3) is 1.77. The molecule has 71 valence electrons. The van der Waals surface area contributed by atoms with Crippen LogP contribution in [0.1, 0.15) is 39.5 Å². The van der Waals surface area contributed by atoms with E-state index in [9.17, 15) is 0 Å². The zero-order valence-corrected chi connectivity index (χ0v) is 8.45. The van der Waals surface area contributed by atoms with Gasteiger partial charge in [-0.1, -0.05) is 20.3 Å². The second kappa shape index (κ2) is 3.52. The Hall–Kier alpha value is -0.790. The van der Waals surface area contributed by atoms with E-state index in [0.29, 0.717) is 5.92 Å². The molecule has 0 aromatic rings. The normalized spacial score (nSPS) is 22.4.